The van der Waals surface area contributed by atoms with E-state index in [1.807, 2.05) is 0 Å². The molecule has 1 aromatic rings. The smallest absolute Gasteiger partial charge is 0.343 e. The maximum absolute atomic E-state index is 12.1. The van der Waals surface area contributed by atoms with E-state index in [-0.39, 0.29) is 18.1 Å². The average molecular weight is 312 g/mol. The topological polar surface area (TPSA) is 81.4 Å². The molecule has 1 aromatic heterocycles. The van der Waals surface area contributed by atoms with Gasteiger partial charge in [-0.15, -0.1) is 11.3 Å². The number of carbonyl (C=O) groups is 2. The van der Waals surface area contributed by atoms with E-state index in [9.17, 15) is 9.59 Å². The van der Waals surface area contributed by atoms with Crippen LogP contribution < -0.4 is 11.1 Å². The molecule has 3 N–H and O–H groups in total. The molecule has 0 aromatic carbocycles. The van der Waals surface area contributed by atoms with Crippen LogP contribution in [0, 0.1) is 0 Å². The van der Waals surface area contributed by atoms with Crippen molar-refractivity contribution in [3.8, 4) is 0 Å². The molecule has 0 bridgehead atoms. The fourth-order valence-electron chi connectivity index (χ4n) is 1.92. The Morgan fingerprint density at radius 3 is 2.52 bits per heavy atom. The van der Waals surface area contributed by atoms with E-state index in [0.717, 1.165) is 25.8 Å². The lowest BCUT2D eigenvalue weighted by Crippen LogP contribution is -2.11. The Balaban J connectivity index is 3.02. The normalized spacial score (nSPS) is 10.4. The molecule has 118 valence electrons. The summed E-state index contributed by atoms with van der Waals surface area (Å²) in [6, 6.07) is 0. The first-order valence-corrected chi connectivity index (χ1v) is 8.24. The Morgan fingerprint density at radius 1 is 1.24 bits per heavy atom. The van der Waals surface area contributed by atoms with E-state index in [0.29, 0.717) is 21.9 Å². The minimum Gasteiger partial charge on any atom is -0.462 e. The van der Waals surface area contributed by atoms with Crippen LogP contribution in [-0.2, 0) is 4.74 Å². The second kappa shape index (κ2) is 8.67. The maximum Gasteiger partial charge on any atom is 0.343 e. The summed E-state index contributed by atoms with van der Waals surface area (Å²) in [5.41, 5.74) is 6.53. The zero-order valence-electron chi connectivity index (χ0n) is 13.0. The molecule has 6 heteroatoms. The monoisotopic (exact) mass is 312 g/mol. The zero-order valence-corrected chi connectivity index (χ0v) is 13.8. The predicted molar refractivity (Wildman–Crippen MR) is 87.3 cm³/mol. The van der Waals surface area contributed by atoms with Crippen LogP contribution in [0.4, 0.5) is 10.7 Å². The van der Waals surface area contributed by atoms with Crippen molar-refractivity contribution in [2.75, 3.05) is 24.2 Å². The van der Waals surface area contributed by atoms with Crippen LogP contribution in [0.15, 0.2) is 0 Å². The molecule has 0 saturated carbocycles. The van der Waals surface area contributed by atoms with Gasteiger partial charge in [0.05, 0.1) is 17.2 Å². The Labute approximate surface area is 129 Å². The largest absolute Gasteiger partial charge is 0.462 e. The van der Waals surface area contributed by atoms with Crippen molar-refractivity contribution in [1.29, 1.82) is 0 Å². The molecule has 0 aliphatic heterocycles. The summed E-state index contributed by atoms with van der Waals surface area (Å²) >= 11 is 1.24. The van der Waals surface area contributed by atoms with E-state index in [4.69, 9.17) is 10.5 Å². The lowest BCUT2D eigenvalue weighted by Gasteiger charge is -2.07. The van der Waals surface area contributed by atoms with Crippen molar-refractivity contribution in [2.45, 2.75) is 46.5 Å². The third-order valence-corrected chi connectivity index (χ3v) is 4.27. The van der Waals surface area contributed by atoms with Gasteiger partial charge in [-0.25, -0.2) is 4.79 Å². The summed E-state index contributed by atoms with van der Waals surface area (Å²) < 4.78 is 5.04. The second-order valence-electron chi connectivity index (χ2n) is 4.68. The fraction of sp³-hybridized carbons (Fsp3) is 0.600. The van der Waals surface area contributed by atoms with E-state index >= 15 is 0 Å². The van der Waals surface area contributed by atoms with Crippen molar-refractivity contribution < 1.29 is 14.3 Å². The minimum absolute atomic E-state index is 0.0512. The maximum atomic E-state index is 12.1. The molecule has 0 amide bonds. The number of nitrogen functional groups attached to an aromatic ring is 1. The molecule has 21 heavy (non-hydrogen) atoms. The number of Topliss-reactive ketones (excluding diaryl/α,β-unsaturated/α-hetero) is 1. The number of anilines is 2. The predicted octanol–water partition coefficient (Wildman–Crippen LogP) is 3.70. The van der Waals surface area contributed by atoms with Gasteiger partial charge in [-0.1, -0.05) is 26.7 Å². The second-order valence-corrected chi connectivity index (χ2v) is 5.70. The standard InChI is InChI=1S/C15H24N2O3S/c1-4-7-8-9-17-14-11(15(19)20-6-3)12(16)13(21-14)10(18)5-2/h17H,4-9,16H2,1-3H3. The highest BCUT2D eigenvalue weighted by Crippen LogP contribution is 2.37. The molecule has 0 saturated heterocycles. The Morgan fingerprint density at radius 2 is 1.95 bits per heavy atom. The summed E-state index contributed by atoms with van der Waals surface area (Å²) in [5, 5.41) is 3.85. The van der Waals surface area contributed by atoms with Gasteiger partial charge in [0.25, 0.3) is 0 Å². The summed E-state index contributed by atoms with van der Waals surface area (Å²) in [6.07, 6.45) is 3.61. The number of unbranched alkanes of at least 4 members (excludes halogenated alkanes) is 2. The number of nitrogens with one attached hydrogen (secondary N) is 1. The Bertz CT molecular complexity index is 497. The van der Waals surface area contributed by atoms with Crippen LogP contribution >= 0.6 is 11.3 Å². The number of nitrogens with two attached hydrogens (primary N) is 1. The first-order chi connectivity index (χ1) is 10.1. The molecule has 0 spiro atoms. The third-order valence-electron chi connectivity index (χ3n) is 3.06. The number of thiophene rings is 1. The minimum atomic E-state index is -0.473. The van der Waals surface area contributed by atoms with Crippen molar-refractivity contribution in [3.05, 3.63) is 10.4 Å². The molecule has 0 radical (unpaired) electrons. The fourth-order valence-corrected chi connectivity index (χ4v) is 3.06. The molecule has 5 nitrogen and oxygen atoms in total. The van der Waals surface area contributed by atoms with Crippen LogP contribution in [0.5, 0.6) is 0 Å². The molecular formula is C15H24N2O3S. The molecule has 0 unspecified atom stereocenters. The van der Waals surface area contributed by atoms with Gasteiger partial charge < -0.3 is 15.8 Å². The van der Waals surface area contributed by atoms with E-state index in [2.05, 4.69) is 12.2 Å². The van der Waals surface area contributed by atoms with Gasteiger partial charge in [-0.3, -0.25) is 4.79 Å². The highest BCUT2D eigenvalue weighted by Gasteiger charge is 2.25. The molecular weight excluding hydrogens is 288 g/mol. The number of esters is 1. The van der Waals surface area contributed by atoms with Crippen molar-refractivity contribution in [2.24, 2.45) is 0 Å². The highest BCUT2D eigenvalue weighted by atomic mass is 32.1. The van der Waals surface area contributed by atoms with Gasteiger partial charge in [-0.05, 0) is 13.3 Å². The summed E-state index contributed by atoms with van der Waals surface area (Å²) in [5.74, 6) is -0.524. The molecule has 0 aliphatic rings. The van der Waals surface area contributed by atoms with Crippen LogP contribution in [0.2, 0.25) is 0 Å². The lowest BCUT2D eigenvalue weighted by molar-refractivity contribution is 0.0529. The average Bonchev–Trinajstić information content (AvgIpc) is 2.80. The van der Waals surface area contributed by atoms with Crippen LogP contribution in [0.25, 0.3) is 0 Å². The first-order valence-electron chi connectivity index (χ1n) is 7.43. The highest BCUT2D eigenvalue weighted by molar-refractivity contribution is 7.19. The number of ether oxygens (including phenoxy) is 1. The van der Waals surface area contributed by atoms with Gasteiger partial charge in [0, 0.05) is 13.0 Å². The van der Waals surface area contributed by atoms with Crippen molar-refractivity contribution in [3.63, 3.8) is 0 Å². The van der Waals surface area contributed by atoms with Gasteiger partial charge in [0.2, 0.25) is 0 Å². The van der Waals surface area contributed by atoms with E-state index < -0.39 is 5.97 Å². The summed E-state index contributed by atoms with van der Waals surface area (Å²) in [7, 11) is 0. The zero-order chi connectivity index (χ0) is 15.8. The Kier molecular flexibility index (Phi) is 7.22. The number of ketones is 1. The van der Waals surface area contributed by atoms with Crippen LogP contribution in [0.3, 0.4) is 0 Å². The van der Waals surface area contributed by atoms with Gasteiger partial charge in [0.15, 0.2) is 5.78 Å². The number of carbonyl (C=O) groups excluding carboxylic acids is 2. The van der Waals surface area contributed by atoms with Gasteiger partial charge in [0.1, 0.15) is 10.6 Å². The third kappa shape index (κ3) is 4.46. The van der Waals surface area contributed by atoms with E-state index in [1.54, 1.807) is 13.8 Å². The summed E-state index contributed by atoms with van der Waals surface area (Å²) in [6.45, 7) is 6.68. The van der Waals surface area contributed by atoms with Crippen molar-refractivity contribution >= 4 is 33.8 Å². The summed E-state index contributed by atoms with van der Waals surface area (Å²) in [4.78, 5) is 24.4. The number of hydrogen-bond acceptors (Lipinski definition) is 6. The lowest BCUT2D eigenvalue weighted by atomic mass is 10.1. The number of rotatable bonds is 9. The molecule has 1 rings (SSSR count). The quantitative estimate of drug-likeness (QED) is 0.413. The molecule has 0 atom stereocenters. The molecule has 1 heterocycles. The van der Waals surface area contributed by atoms with Crippen LogP contribution in [-0.4, -0.2) is 24.9 Å². The Hall–Kier alpha value is -1.56. The first kappa shape index (κ1) is 17.5. The van der Waals surface area contributed by atoms with E-state index in [1.165, 1.54) is 11.3 Å². The van der Waals surface area contributed by atoms with Gasteiger partial charge >= 0.3 is 5.97 Å². The molecule has 0 fully saturated rings. The SMILES string of the molecule is CCCCCNc1sc(C(=O)CC)c(N)c1C(=O)OCC. The van der Waals surface area contributed by atoms with Gasteiger partial charge in [-0.2, -0.15) is 0 Å². The van der Waals surface area contributed by atoms with Crippen LogP contribution in [0.1, 0.15) is 66.5 Å². The number of hydrogen-bond donors (Lipinski definition) is 2. The van der Waals surface area contributed by atoms with Crippen molar-refractivity contribution in [1.82, 2.24) is 0 Å². The molecule has 0 aliphatic carbocycles.